The molecule has 0 aliphatic carbocycles. The molecule has 1 saturated heterocycles. The smallest absolute Gasteiger partial charge is 0.240 e. The molecule has 1 aliphatic heterocycles. The first kappa shape index (κ1) is 17.7. The maximum absolute atomic E-state index is 12.6. The van der Waals surface area contributed by atoms with E-state index in [4.69, 9.17) is 4.42 Å². The van der Waals surface area contributed by atoms with Crippen molar-refractivity contribution in [3.05, 3.63) is 42.3 Å². The molecule has 1 aliphatic rings. The number of benzene rings is 1. The molecule has 1 fully saturated rings. The van der Waals surface area contributed by atoms with Crippen LogP contribution < -0.4 is 0 Å². The SMILES string of the molecule is CC(C(=O)N1CCCCC1)S(=O)(=O)Cc1coc(-c2ccccc2)n1. The molecule has 1 atom stereocenters. The number of oxazole rings is 1. The Hall–Kier alpha value is -2.15. The highest BCUT2D eigenvalue weighted by Crippen LogP contribution is 2.21. The summed E-state index contributed by atoms with van der Waals surface area (Å²) in [6.45, 7) is 2.74. The Kier molecular flexibility index (Phi) is 5.22. The summed E-state index contributed by atoms with van der Waals surface area (Å²) >= 11 is 0. The summed E-state index contributed by atoms with van der Waals surface area (Å²) in [4.78, 5) is 18.4. The van der Waals surface area contributed by atoms with Crippen molar-refractivity contribution in [3.8, 4) is 11.5 Å². The predicted octanol–water partition coefficient (Wildman–Crippen LogP) is 2.66. The summed E-state index contributed by atoms with van der Waals surface area (Å²) in [5.41, 5.74) is 1.10. The van der Waals surface area contributed by atoms with Crippen molar-refractivity contribution in [3.63, 3.8) is 0 Å². The number of carbonyl (C=O) groups is 1. The number of hydrogen-bond donors (Lipinski definition) is 0. The van der Waals surface area contributed by atoms with E-state index in [1.54, 1.807) is 4.90 Å². The number of nitrogens with zero attached hydrogens (tertiary/aromatic N) is 2. The monoisotopic (exact) mass is 362 g/mol. The van der Waals surface area contributed by atoms with E-state index < -0.39 is 15.1 Å². The van der Waals surface area contributed by atoms with Crippen LogP contribution in [0.1, 0.15) is 31.9 Å². The number of aromatic nitrogens is 1. The van der Waals surface area contributed by atoms with Crippen LogP contribution >= 0.6 is 0 Å². The van der Waals surface area contributed by atoms with Crippen LogP contribution in [0, 0.1) is 0 Å². The lowest BCUT2D eigenvalue weighted by Crippen LogP contribution is -2.44. The molecular formula is C18H22N2O4S. The molecule has 0 N–H and O–H groups in total. The average molecular weight is 362 g/mol. The molecule has 2 aromatic rings. The Labute approximate surface area is 147 Å². The van der Waals surface area contributed by atoms with E-state index in [0.29, 0.717) is 24.7 Å². The molecule has 3 rings (SSSR count). The van der Waals surface area contributed by atoms with Gasteiger partial charge in [0.15, 0.2) is 9.84 Å². The minimum atomic E-state index is -3.64. The Morgan fingerprint density at radius 1 is 1.20 bits per heavy atom. The highest BCUT2D eigenvalue weighted by molar-refractivity contribution is 7.92. The number of hydrogen-bond acceptors (Lipinski definition) is 5. The van der Waals surface area contributed by atoms with Gasteiger partial charge in [0.2, 0.25) is 11.8 Å². The quantitative estimate of drug-likeness (QED) is 0.817. The van der Waals surface area contributed by atoms with E-state index in [9.17, 15) is 13.2 Å². The molecule has 1 amide bonds. The zero-order chi connectivity index (χ0) is 17.9. The van der Waals surface area contributed by atoms with Gasteiger partial charge in [-0.1, -0.05) is 18.2 Å². The summed E-state index contributed by atoms with van der Waals surface area (Å²) in [6.07, 6.45) is 4.30. The number of amides is 1. The van der Waals surface area contributed by atoms with Crippen LogP contribution in [0.2, 0.25) is 0 Å². The minimum Gasteiger partial charge on any atom is -0.444 e. The van der Waals surface area contributed by atoms with Crippen molar-refractivity contribution >= 4 is 15.7 Å². The van der Waals surface area contributed by atoms with Gasteiger partial charge >= 0.3 is 0 Å². The first-order chi connectivity index (χ1) is 12.0. The lowest BCUT2D eigenvalue weighted by Gasteiger charge is -2.29. The fourth-order valence-electron chi connectivity index (χ4n) is 2.94. The predicted molar refractivity (Wildman–Crippen MR) is 94.5 cm³/mol. The van der Waals surface area contributed by atoms with Crippen molar-refractivity contribution in [2.45, 2.75) is 37.2 Å². The van der Waals surface area contributed by atoms with Crippen molar-refractivity contribution < 1.29 is 17.6 Å². The Morgan fingerprint density at radius 2 is 1.88 bits per heavy atom. The third-order valence-corrected chi connectivity index (χ3v) is 6.45. The molecule has 134 valence electrons. The van der Waals surface area contributed by atoms with Gasteiger partial charge < -0.3 is 9.32 Å². The van der Waals surface area contributed by atoms with Crippen LogP contribution in [0.4, 0.5) is 0 Å². The standard InChI is InChI=1S/C18H22N2O4S/c1-14(18(21)20-10-6-3-7-11-20)25(22,23)13-16-12-24-17(19-16)15-8-4-2-5-9-15/h2,4-5,8-9,12,14H,3,6-7,10-11,13H2,1H3. The van der Waals surface area contributed by atoms with Crippen molar-refractivity contribution in [2.75, 3.05) is 13.1 Å². The number of carbonyl (C=O) groups excluding carboxylic acids is 1. The molecule has 7 heteroatoms. The van der Waals surface area contributed by atoms with Gasteiger partial charge in [0.25, 0.3) is 0 Å². The molecule has 1 aromatic carbocycles. The molecule has 1 aromatic heterocycles. The number of sulfone groups is 1. The second-order valence-corrected chi connectivity index (χ2v) is 8.67. The van der Waals surface area contributed by atoms with E-state index in [1.807, 2.05) is 30.3 Å². The molecule has 6 nitrogen and oxygen atoms in total. The lowest BCUT2D eigenvalue weighted by atomic mass is 10.1. The minimum absolute atomic E-state index is 0.302. The maximum atomic E-state index is 12.6. The van der Waals surface area contributed by atoms with Crippen LogP contribution in [0.3, 0.4) is 0 Å². The fraction of sp³-hybridized carbons (Fsp3) is 0.444. The van der Waals surface area contributed by atoms with Crippen LogP contribution in [0.25, 0.3) is 11.5 Å². The van der Waals surface area contributed by atoms with E-state index in [1.165, 1.54) is 13.2 Å². The van der Waals surface area contributed by atoms with Gasteiger partial charge in [0.05, 0.1) is 11.4 Å². The van der Waals surface area contributed by atoms with E-state index in [0.717, 1.165) is 24.8 Å². The molecule has 1 unspecified atom stereocenters. The summed E-state index contributed by atoms with van der Waals surface area (Å²) in [5, 5.41) is -1.07. The van der Waals surface area contributed by atoms with Gasteiger partial charge in [-0.3, -0.25) is 4.79 Å². The van der Waals surface area contributed by atoms with Crippen LogP contribution in [-0.2, 0) is 20.4 Å². The van der Waals surface area contributed by atoms with Crippen molar-refractivity contribution in [2.24, 2.45) is 0 Å². The van der Waals surface area contributed by atoms with Gasteiger partial charge in [-0.15, -0.1) is 0 Å². The topological polar surface area (TPSA) is 80.5 Å². The summed E-state index contributed by atoms with van der Waals surface area (Å²) in [5.74, 6) is -0.239. The zero-order valence-corrected chi connectivity index (χ0v) is 15.0. The van der Waals surface area contributed by atoms with Crippen LogP contribution in [-0.4, -0.2) is 42.5 Å². The molecular weight excluding hydrogens is 340 g/mol. The second-order valence-electron chi connectivity index (χ2n) is 6.35. The molecule has 0 bridgehead atoms. The van der Waals surface area contributed by atoms with Crippen molar-refractivity contribution in [1.29, 1.82) is 0 Å². The van der Waals surface area contributed by atoms with Gasteiger partial charge in [-0.25, -0.2) is 13.4 Å². The number of rotatable bonds is 5. The first-order valence-corrected chi connectivity index (χ1v) is 10.2. The Morgan fingerprint density at radius 3 is 2.56 bits per heavy atom. The Bertz CT molecular complexity index is 824. The second kappa shape index (κ2) is 7.39. The van der Waals surface area contributed by atoms with Crippen LogP contribution in [0.5, 0.6) is 0 Å². The van der Waals surface area contributed by atoms with Crippen LogP contribution in [0.15, 0.2) is 41.0 Å². The third kappa shape index (κ3) is 4.10. The Balaban J connectivity index is 1.70. The normalized spacial score (nSPS) is 16.6. The highest BCUT2D eigenvalue weighted by Gasteiger charge is 2.33. The fourth-order valence-corrected chi connectivity index (χ4v) is 4.19. The van der Waals surface area contributed by atoms with E-state index in [-0.39, 0.29) is 11.7 Å². The van der Waals surface area contributed by atoms with Gasteiger partial charge in [0, 0.05) is 18.7 Å². The lowest BCUT2D eigenvalue weighted by molar-refractivity contribution is -0.131. The zero-order valence-electron chi connectivity index (χ0n) is 14.2. The molecule has 0 saturated carbocycles. The highest BCUT2D eigenvalue weighted by atomic mass is 32.2. The van der Waals surface area contributed by atoms with E-state index >= 15 is 0 Å². The molecule has 0 radical (unpaired) electrons. The van der Waals surface area contributed by atoms with Gasteiger partial charge in [0.1, 0.15) is 11.5 Å². The number of likely N-dealkylation sites (tertiary alicyclic amines) is 1. The first-order valence-electron chi connectivity index (χ1n) is 8.47. The third-order valence-electron chi connectivity index (χ3n) is 4.48. The summed E-state index contributed by atoms with van der Waals surface area (Å²) in [7, 11) is -3.64. The summed E-state index contributed by atoms with van der Waals surface area (Å²) < 4.78 is 30.6. The maximum Gasteiger partial charge on any atom is 0.240 e. The molecule has 25 heavy (non-hydrogen) atoms. The van der Waals surface area contributed by atoms with E-state index in [2.05, 4.69) is 4.98 Å². The van der Waals surface area contributed by atoms with Gasteiger partial charge in [-0.2, -0.15) is 0 Å². The van der Waals surface area contributed by atoms with Crippen molar-refractivity contribution in [1.82, 2.24) is 9.88 Å². The average Bonchev–Trinajstić information content (AvgIpc) is 3.09. The number of piperidine rings is 1. The molecule has 2 heterocycles. The molecule has 0 spiro atoms. The van der Waals surface area contributed by atoms with Gasteiger partial charge in [-0.05, 0) is 38.3 Å². The summed E-state index contributed by atoms with van der Waals surface area (Å²) in [6, 6.07) is 9.27. The largest absolute Gasteiger partial charge is 0.444 e.